The van der Waals surface area contributed by atoms with E-state index >= 15 is 0 Å². The van der Waals surface area contributed by atoms with Crippen molar-refractivity contribution in [1.82, 2.24) is 0 Å². The first-order chi connectivity index (χ1) is 5.42. The summed E-state index contributed by atoms with van der Waals surface area (Å²) in [6.07, 6.45) is 0. The molecule has 0 saturated heterocycles. The van der Waals surface area contributed by atoms with Crippen LogP contribution in [0.25, 0.3) is 0 Å². The van der Waals surface area contributed by atoms with Crippen molar-refractivity contribution in [2.75, 3.05) is 6.61 Å². The van der Waals surface area contributed by atoms with Crippen LogP contribution in [0.15, 0.2) is 22.3 Å². The van der Waals surface area contributed by atoms with Crippen molar-refractivity contribution in [2.24, 2.45) is 5.41 Å². The van der Waals surface area contributed by atoms with E-state index in [4.69, 9.17) is 0 Å². The van der Waals surface area contributed by atoms with Gasteiger partial charge in [0, 0.05) is 27.1 Å². The van der Waals surface area contributed by atoms with Crippen molar-refractivity contribution in [3.05, 3.63) is 22.3 Å². The van der Waals surface area contributed by atoms with Gasteiger partial charge in [0.25, 0.3) is 0 Å². The smallest absolute Gasteiger partial charge is 0.0655 e. The molecule has 0 radical (unpaired) electrons. The summed E-state index contributed by atoms with van der Waals surface area (Å²) < 4.78 is 0. The zero-order valence-corrected chi connectivity index (χ0v) is 13.2. The Bertz CT molecular complexity index is 280. The predicted octanol–water partition coefficient (Wildman–Crippen LogP) is 3.51. The van der Waals surface area contributed by atoms with Crippen LogP contribution in [0.5, 0.6) is 0 Å². The molecule has 88 valence electrons. The van der Waals surface area contributed by atoms with Gasteiger partial charge in [0.15, 0.2) is 0 Å². The quantitative estimate of drug-likeness (QED) is 0.732. The molecule has 0 aromatic carbocycles. The third-order valence-corrected chi connectivity index (χ3v) is 3.43. The van der Waals surface area contributed by atoms with E-state index in [1.807, 2.05) is 0 Å². The standard InChI is InChI=1S/C11H18O.2ClH.Ti/c1-7-8(2)10(6-12)11(4,5)9(7)3;;;/h12H,6H2,1-5H3;2*1H;. The molecule has 0 aliphatic heterocycles. The predicted molar refractivity (Wildman–Crippen MR) is 66.4 cm³/mol. The summed E-state index contributed by atoms with van der Waals surface area (Å²) in [5.41, 5.74) is 5.27. The summed E-state index contributed by atoms with van der Waals surface area (Å²) >= 11 is 0. The molecular formula is C11H20Cl2OTi. The third-order valence-electron chi connectivity index (χ3n) is 3.43. The van der Waals surface area contributed by atoms with Crippen molar-refractivity contribution < 1.29 is 26.8 Å². The molecule has 0 unspecified atom stereocenters. The SMILES string of the molecule is CC1=C(C)C(C)(C)C(CO)=C1C.Cl.Cl.[Ti]. The van der Waals surface area contributed by atoms with Crippen LogP contribution in [0.4, 0.5) is 0 Å². The van der Waals surface area contributed by atoms with Crippen LogP contribution in [0.2, 0.25) is 0 Å². The molecule has 0 aromatic rings. The van der Waals surface area contributed by atoms with Crippen molar-refractivity contribution in [3.63, 3.8) is 0 Å². The molecule has 1 N–H and O–H groups in total. The Labute approximate surface area is 120 Å². The van der Waals surface area contributed by atoms with Crippen LogP contribution >= 0.6 is 24.8 Å². The number of hydrogen-bond acceptors (Lipinski definition) is 1. The van der Waals surface area contributed by atoms with E-state index in [1.54, 1.807) is 0 Å². The van der Waals surface area contributed by atoms with Crippen LogP contribution in [0.3, 0.4) is 0 Å². The normalized spacial score (nSPS) is 18.0. The Hall–Kier alpha value is 0.734. The fourth-order valence-corrected chi connectivity index (χ4v) is 1.99. The molecule has 4 heteroatoms. The fourth-order valence-electron chi connectivity index (χ4n) is 1.99. The average molecular weight is 287 g/mol. The Kier molecular flexibility index (Phi) is 10.0. The molecule has 0 amide bonds. The molecule has 0 heterocycles. The molecule has 1 nitrogen and oxygen atoms in total. The van der Waals surface area contributed by atoms with Crippen molar-refractivity contribution in [1.29, 1.82) is 0 Å². The number of aliphatic hydroxyl groups excluding tert-OH is 1. The van der Waals surface area contributed by atoms with Gasteiger partial charge >= 0.3 is 0 Å². The maximum atomic E-state index is 9.22. The summed E-state index contributed by atoms with van der Waals surface area (Å²) in [6.45, 7) is 10.9. The van der Waals surface area contributed by atoms with Crippen LogP contribution < -0.4 is 0 Å². The Morgan fingerprint density at radius 2 is 1.40 bits per heavy atom. The maximum absolute atomic E-state index is 9.22. The van der Waals surface area contributed by atoms with Crippen LogP contribution in [0.1, 0.15) is 34.6 Å². The van der Waals surface area contributed by atoms with Gasteiger partial charge in [0.05, 0.1) is 6.61 Å². The van der Waals surface area contributed by atoms with Gasteiger partial charge in [-0.25, -0.2) is 0 Å². The van der Waals surface area contributed by atoms with Crippen LogP contribution in [-0.2, 0) is 21.7 Å². The van der Waals surface area contributed by atoms with Gasteiger partial charge in [-0.1, -0.05) is 19.4 Å². The molecule has 1 aliphatic rings. The number of halogens is 2. The molecule has 15 heavy (non-hydrogen) atoms. The van der Waals surface area contributed by atoms with Gasteiger partial charge in [-0.3, -0.25) is 0 Å². The Morgan fingerprint density at radius 1 is 1.00 bits per heavy atom. The van der Waals surface area contributed by atoms with Crippen molar-refractivity contribution in [2.45, 2.75) is 34.6 Å². The van der Waals surface area contributed by atoms with Crippen molar-refractivity contribution >= 4 is 24.8 Å². The van der Waals surface area contributed by atoms with Gasteiger partial charge < -0.3 is 5.11 Å². The molecule has 0 atom stereocenters. The largest absolute Gasteiger partial charge is 0.392 e. The summed E-state index contributed by atoms with van der Waals surface area (Å²) in [7, 11) is 0. The number of rotatable bonds is 1. The molecule has 1 rings (SSSR count). The summed E-state index contributed by atoms with van der Waals surface area (Å²) in [5, 5.41) is 9.22. The minimum atomic E-state index is 0. The first-order valence-electron chi connectivity index (χ1n) is 4.42. The van der Waals surface area contributed by atoms with E-state index in [0.29, 0.717) is 0 Å². The first kappa shape index (κ1) is 21.1. The van der Waals surface area contributed by atoms with Gasteiger partial charge in [0.1, 0.15) is 0 Å². The molecular weight excluding hydrogens is 267 g/mol. The molecule has 0 aromatic heterocycles. The second-order valence-corrected chi connectivity index (χ2v) is 4.14. The maximum Gasteiger partial charge on any atom is 0.0655 e. The minimum Gasteiger partial charge on any atom is -0.392 e. The van der Waals surface area contributed by atoms with E-state index in [1.165, 1.54) is 22.3 Å². The second-order valence-electron chi connectivity index (χ2n) is 4.14. The number of aliphatic hydroxyl groups is 1. The van der Waals surface area contributed by atoms with Gasteiger partial charge in [-0.2, -0.15) is 0 Å². The molecule has 0 fully saturated rings. The summed E-state index contributed by atoms with van der Waals surface area (Å²) in [4.78, 5) is 0. The summed E-state index contributed by atoms with van der Waals surface area (Å²) in [6, 6.07) is 0. The van der Waals surface area contributed by atoms with E-state index in [-0.39, 0.29) is 58.6 Å². The summed E-state index contributed by atoms with van der Waals surface area (Å²) in [5.74, 6) is 0. The first-order valence-corrected chi connectivity index (χ1v) is 4.42. The zero-order valence-electron chi connectivity index (χ0n) is 9.97. The topological polar surface area (TPSA) is 20.2 Å². The zero-order chi connectivity index (χ0) is 9.52. The Morgan fingerprint density at radius 3 is 1.53 bits per heavy atom. The molecule has 0 saturated carbocycles. The minimum absolute atomic E-state index is 0. The van der Waals surface area contributed by atoms with Gasteiger partial charge in [-0.15, -0.1) is 24.8 Å². The van der Waals surface area contributed by atoms with E-state index in [2.05, 4.69) is 34.6 Å². The van der Waals surface area contributed by atoms with E-state index in [0.717, 1.165) is 0 Å². The number of allylic oxidation sites excluding steroid dienone is 3. The van der Waals surface area contributed by atoms with Gasteiger partial charge in [-0.05, 0) is 37.5 Å². The molecule has 0 bridgehead atoms. The van der Waals surface area contributed by atoms with Crippen LogP contribution in [0, 0.1) is 5.41 Å². The monoisotopic (exact) mass is 286 g/mol. The number of hydrogen-bond donors (Lipinski definition) is 1. The third kappa shape index (κ3) is 3.34. The molecule has 1 aliphatic carbocycles. The fraction of sp³-hybridized carbons (Fsp3) is 0.636. The van der Waals surface area contributed by atoms with E-state index in [9.17, 15) is 5.11 Å². The van der Waals surface area contributed by atoms with Gasteiger partial charge in [0.2, 0.25) is 0 Å². The van der Waals surface area contributed by atoms with Crippen LogP contribution in [-0.4, -0.2) is 11.7 Å². The van der Waals surface area contributed by atoms with Crippen molar-refractivity contribution in [3.8, 4) is 0 Å². The van der Waals surface area contributed by atoms with E-state index < -0.39 is 0 Å². The second kappa shape index (κ2) is 7.14. The average Bonchev–Trinajstić information content (AvgIpc) is 2.13. The molecule has 0 spiro atoms. The Balaban J connectivity index is -0.000000480.